The zero-order valence-corrected chi connectivity index (χ0v) is 18.9. The maximum absolute atomic E-state index is 12.9. The van der Waals surface area contributed by atoms with Crippen molar-refractivity contribution in [1.82, 2.24) is 14.4 Å². The number of pyridine rings is 2. The zero-order chi connectivity index (χ0) is 22.9. The molecule has 0 aromatic carbocycles. The number of amides is 1. The predicted octanol–water partition coefficient (Wildman–Crippen LogP) is 2.95. The summed E-state index contributed by atoms with van der Waals surface area (Å²) in [7, 11) is 0. The molecule has 170 valence electrons. The number of aromatic nitrogens is 3. The number of rotatable bonds is 6. The van der Waals surface area contributed by atoms with Crippen molar-refractivity contribution in [2.75, 3.05) is 23.3 Å². The van der Waals surface area contributed by atoms with Gasteiger partial charge in [-0.05, 0) is 58.6 Å². The van der Waals surface area contributed by atoms with Crippen molar-refractivity contribution in [3.05, 3.63) is 53.7 Å². The Kier molecular flexibility index (Phi) is 6.17. The Hall–Kier alpha value is -2.97. The van der Waals surface area contributed by atoms with Crippen molar-refractivity contribution in [3.63, 3.8) is 0 Å². The largest absolute Gasteiger partial charge is 0.391 e. The van der Waals surface area contributed by atoms with Crippen LogP contribution in [0.5, 0.6) is 0 Å². The van der Waals surface area contributed by atoms with Gasteiger partial charge in [0, 0.05) is 37.2 Å². The maximum atomic E-state index is 12.9. The summed E-state index contributed by atoms with van der Waals surface area (Å²) in [6.45, 7) is 6.73. The van der Waals surface area contributed by atoms with Gasteiger partial charge in [-0.2, -0.15) is 0 Å². The maximum Gasteiger partial charge on any atom is 0.274 e. The fourth-order valence-corrected chi connectivity index (χ4v) is 4.02. The third kappa shape index (κ3) is 5.26. The summed E-state index contributed by atoms with van der Waals surface area (Å²) in [4.78, 5) is 24.1. The Balaban J connectivity index is 1.69. The fourth-order valence-electron chi connectivity index (χ4n) is 4.02. The molecule has 1 unspecified atom stereocenters. The first kappa shape index (κ1) is 22.2. The number of hydrogen-bond donors (Lipinski definition) is 3. The molecule has 3 aromatic heterocycles. The molecule has 1 aliphatic heterocycles. The molecule has 8 nitrogen and oxygen atoms in total. The number of anilines is 2. The molecule has 3 N–H and O–H groups in total. The van der Waals surface area contributed by atoms with Crippen LogP contribution in [-0.4, -0.2) is 55.3 Å². The topological polar surface area (TPSA) is 103 Å². The van der Waals surface area contributed by atoms with Crippen LogP contribution in [0.2, 0.25) is 0 Å². The number of hydrogen-bond acceptors (Lipinski definition) is 6. The number of aryl methyl sites for hydroxylation is 2. The van der Waals surface area contributed by atoms with Crippen LogP contribution < -0.4 is 10.2 Å². The fraction of sp³-hybridized carbons (Fsp3) is 0.458. The number of aliphatic hydroxyl groups is 2. The molecular formula is C24H31N5O3. The number of aliphatic hydroxyl groups excluding tert-OH is 1. The highest BCUT2D eigenvalue weighted by Gasteiger charge is 2.23. The van der Waals surface area contributed by atoms with E-state index < -0.39 is 11.7 Å². The zero-order valence-electron chi connectivity index (χ0n) is 18.9. The van der Waals surface area contributed by atoms with E-state index in [0.717, 1.165) is 42.1 Å². The van der Waals surface area contributed by atoms with Gasteiger partial charge in [0.25, 0.3) is 5.91 Å². The van der Waals surface area contributed by atoms with Crippen molar-refractivity contribution in [3.8, 4) is 0 Å². The number of carbonyl (C=O) groups is 1. The molecular weight excluding hydrogens is 406 g/mol. The van der Waals surface area contributed by atoms with E-state index in [2.05, 4.69) is 15.2 Å². The van der Waals surface area contributed by atoms with Crippen LogP contribution >= 0.6 is 0 Å². The van der Waals surface area contributed by atoms with Gasteiger partial charge in [-0.1, -0.05) is 6.07 Å². The molecule has 0 bridgehead atoms. The van der Waals surface area contributed by atoms with Gasteiger partial charge in [-0.15, -0.1) is 0 Å². The monoisotopic (exact) mass is 437 g/mol. The Morgan fingerprint density at radius 2 is 2.09 bits per heavy atom. The molecule has 8 heteroatoms. The van der Waals surface area contributed by atoms with Gasteiger partial charge in [-0.25, -0.2) is 9.97 Å². The van der Waals surface area contributed by atoms with Gasteiger partial charge in [0.2, 0.25) is 0 Å². The van der Waals surface area contributed by atoms with Crippen molar-refractivity contribution in [2.24, 2.45) is 0 Å². The molecule has 1 atom stereocenters. The lowest BCUT2D eigenvalue weighted by Gasteiger charge is -2.33. The Morgan fingerprint density at radius 3 is 2.81 bits per heavy atom. The van der Waals surface area contributed by atoms with E-state index in [-0.39, 0.29) is 5.91 Å². The summed E-state index contributed by atoms with van der Waals surface area (Å²) < 4.78 is 1.89. The lowest BCUT2D eigenvalue weighted by Crippen LogP contribution is -2.38. The molecule has 3 aromatic rings. The number of nitrogens with zero attached hydrogens (tertiary/aromatic N) is 4. The third-order valence-electron chi connectivity index (χ3n) is 5.72. The van der Waals surface area contributed by atoms with Gasteiger partial charge in [-0.3, -0.25) is 4.79 Å². The number of imidazole rings is 1. The highest BCUT2D eigenvalue weighted by molar-refractivity contribution is 6.04. The first-order chi connectivity index (χ1) is 15.2. The average molecular weight is 438 g/mol. The van der Waals surface area contributed by atoms with Crippen LogP contribution in [0.15, 0.2) is 36.7 Å². The van der Waals surface area contributed by atoms with Crippen molar-refractivity contribution in [2.45, 2.75) is 58.2 Å². The van der Waals surface area contributed by atoms with Crippen LogP contribution in [-0.2, 0) is 6.42 Å². The minimum absolute atomic E-state index is 0.283. The summed E-state index contributed by atoms with van der Waals surface area (Å²) >= 11 is 0. The van der Waals surface area contributed by atoms with E-state index >= 15 is 0 Å². The molecule has 1 aliphatic rings. The number of fused-ring (bicyclic) bond motifs is 1. The number of carbonyl (C=O) groups excluding carboxylic acids is 1. The molecule has 0 radical (unpaired) electrons. The molecule has 1 saturated heterocycles. The lowest BCUT2D eigenvalue weighted by atomic mass is 10.0. The van der Waals surface area contributed by atoms with E-state index in [1.807, 2.05) is 41.9 Å². The van der Waals surface area contributed by atoms with Crippen molar-refractivity contribution in [1.29, 1.82) is 0 Å². The second-order valence-electron chi connectivity index (χ2n) is 9.24. The van der Waals surface area contributed by atoms with Gasteiger partial charge in [0.05, 0.1) is 28.8 Å². The van der Waals surface area contributed by atoms with E-state index in [4.69, 9.17) is 4.98 Å². The Bertz CT molecular complexity index is 1120. The summed E-state index contributed by atoms with van der Waals surface area (Å²) in [5.74, 6) is -0.283. The average Bonchev–Trinajstić information content (AvgIpc) is 3.13. The molecule has 4 heterocycles. The predicted molar refractivity (Wildman–Crippen MR) is 124 cm³/mol. The SMILES string of the molecule is Cc1cccc(C(=O)Nc2cn3cc(CCC(C)(C)O)nc3cc2N2CCCC(O)C2)n1. The van der Waals surface area contributed by atoms with E-state index in [1.165, 1.54) is 0 Å². The minimum Gasteiger partial charge on any atom is -0.391 e. The summed E-state index contributed by atoms with van der Waals surface area (Å²) in [6.07, 6.45) is 6.30. The lowest BCUT2D eigenvalue weighted by molar-refractivity contribution is 0.0711. The normalized spacial score (nSPS) is 17.0. The first-order valence-corrected chi connectivity index (χ1v) is 11.1. The summed E-state index contributed by atoms with van der Waals surface area (Å²) in [5, 5.41) is 23.3. The molecule has 0 aliphatic carbocycles. The van der Waals surface area contributed by atoms with E-state index in [0.29, 0.717) is 30.8 Å². The van der Waals surface area contributed by atoms with Gasteiger partial charge in [0.15, 0.2) is 0 Å². The van der Waals surface area contributed by atoms with Crippen molar-refractivity contribution >= 4 is 22.9 Å². The molecule has 0 saturated carbocycles. The first-order valence-electron chi connectivity index (χ1n) is 11.1. The quantitative estimate of drug-likeness (QED) is 0.548. The van der Waals surface area contributed by atoms with Crippen LogP contribution in [0, 0.1) is 6.92 Å². The van der Waals surface area contributed by atoms with Crippen LogP contribution in [0.4, 0.5) is 11.4 Å². The second kappa shape index (κ2) is 8.88. The number of β-amino-alcohol motifs (C(OH)–C–C–N with tert-alkyl or cyclic N) is 1. The molecule has 0 spiro atoms. The molecule has 32 heavy (non-hydrogen) atoms. The van der Waals surface area contributed by atoms with Gasteiger partial charge < -0.3 is 24.8 Å². The van der Waals surface area contributed by atoms with Crippen molar-refractivity contribution < 1.29 is 15.0 Å². The molecule has 4 rings (SSSR count). The Labute approximate surface area is 187 Å². The number of piperidine rings is 1. The van der Waals surface area contributed by atoms with Crippen LogP contribution in [0.25, 0.3) is 5.65 Å². The second-order valence-corrected chi connectivity index (χ2v) is 9.24. The standard InChI is InChI=1S/C24H31N5O3/c1-16-6-4-8-19(25-16)23(31)27-20-15-29-13-17(9-10-24(2,3)32)26-22(29)12-21(20)28-11-5-7-18(30)14-28/h4,6,8,12-13,15,18,30,32H,5,7,9-11,14H2,1-3H3,(H,27,31). The third-order valence-corrected chi connectivity index (χ3v) is 5.72. The summed E-state index contributed by atoms with van der Waals surface area (Å²) in [5.41, 5.74) is 3.48. The van der Waals surface area contributed by atoms with E-state index in [9.17, 15) is 15.0 Å². The van der Waals surface area contributed by atoms with Crippen LogP contribution in [0.3, 0.4) is 0 Å². The Morgan fingerprint density at radius 1 is 1.28 bits per heavy atom. The van der Waals surface area contributed by atoms with E-state index in [1.54, 1.807) is 19.9 Å². The minimum atomic E-state index is -0.759. The smallest absolute Gasteiger partial charge is 0.274 e. The molecule has 1 amide bonds. The van der Waals surface area contributed by atoms with Gasteiger partial charge >= 0.3 is 0 Å². The van der Waals surface area contributed by atoms with Gasteiger partial charge in [0.1, 0.15) is 11.3 Å². The van der Waals surface area contributed by atoms with Crippen LogP contribution in [0.1, 0.15) is 55.0 Å². The number of nitrogens with one attached hydrogen (secondary N) is 1. The molecule has 1 fully saturated rings. The highest BCUT2D eigenvalue weighted by atomic mass is 16.3. The summed E-state index contributed by atoms with van der Waals surface area (Å²) in [6, 6.07) is 7.30. The highest BCUT2D eigenvalue weighted by Crippen LogP contribution is 2.31.